The fourth-order valence-corrected chi connectivity index (χ4v) is 0.543. The SMILES string of the molecule is COC(=N)c1ccnnc1. The van der Waals surface area contributed by atoms with E-state index in [2.05, 4.69) is 14.9 Å². The van der Waals surface area contributed by atoms with E-state index in [1.165, 1.54) is 19.5 Å². The van der Waals surface area contributed by atoms with Crippen LogP contribution < -0.4 is 0 Å². The van der Waals surface area contributed by atoms with Crippen molar-refractivity contribution < 1.29 is 4.74 Å². The zero-order chi connectivity index (χ0) is 7.40. The molecule has 0 radical (unpaired) electrons. The number of nitrogens with zero attached hydrogens (tertiary/aromatic N) is 2. The highest BCUT2D eigenvalue weighted by Crippen LogP contribution is 1.94. The Bertz CT molecular complexity index is 222. The summed E-state index contributed by atoms with van der Waals surface area (Å²) < 4.78 is 4.65. The van der Waals surface area contributed by atoms with Gasteiger partial charge in [0, 0.05) is 0 Å². The third-order valence-electron chi connectivity index (χ3n) is 1.05. The Labute approximate surface area is 58.4 Å². The first-order chi connectivity index (χ1) is 4.84. The van der Waals surface area contributed by atoms with Gasteiger partial charge in [-0.1, -0.05) is 0 Å². The quantitative estimate of drug-likeness (QED) is 0.451. The molecule has 4 nitrogen and oxygen atoms in total. The molecule has 1 heterocycles. The smallest absolute Gasteiger partial charge is 0.214 e. The summed E-state index contributed by atoms with van der Waals surface area (Å²) in [6.45, 7) is 0. The fourth-order valence-electron chi connectivity index (χ4n) is 0.543. The number of rotatable bonds is 1. The summed E-state index contributed by atoms with van der Waals surface area (Å²) in [6.07, 6.45) is 2.99. The van der Waals surface area contributed by atoms with Crippen LogP contribution in [-0.4, -0.2) is 23.2 Å². The Hall–Kier alpha value is -1.45. The molecule has 0 fully saturated rings. The molecule has 0 aromatic carbocycles. The maximum atomic E-state index is 7.19. The number of methoxy groups -OCH3 is 1. The van der Waals surface area contributed by atoms with Gasteiger partial charge in [0.25, 0.3) is 0 Å². The Morgan fingerprint density at radius 3 is 2.90 bits per heavy atom. The van der Waals surface area contributed by atoms with Crippen LogP contribution in [0, 0.1) is 5.41 Å². The minimum Gasteiger partial charge on any atom is -0.481 e. The van der Waals surface area contributed by atoms with Crippen LogP contribution in [0.4, 0.5) is 0 Å². The van der Waals surface area contributed by atoms with Crippen LogP contribution in [0.25, 0.3) is 0 Å². The number of ether oxygens (including phenoxy) is 1. The second-order valence-electron chi connectivity index (χ2n) is 1.66. The van der Waals surface area contributed by atoms with E-state index in [4.69, 9.17) is 5.41 Å². The summed E-state index contributed by atoms with van der Waals surface area (Å²) in [5.41, 5.74) is 0.637. The lowest BCUT2D eigenvalue weighted by atomic mass is 10.3. The number of aromatic nitrogens is 2. The molecule has 1 N–H and O–H groups in total. The molecule has 1 rings (SSSR count). The molecule has 10 heavy (non-hydrogen) atoms. The fraction of sp³-hybridized carbons (Fsp3) is 0.167. The summed E-state index contributed by atoms with van der Waals surface area (Å²) in [7, 11) is 1.45. The zero-order valence-corrected chi connectivity index (χ0v) is 5.53. The topological polar surface area (TPSA) is 58.9 Å². The maximum Gasteiger partial charge on any atom is 0.214 e. The van der Waals surface area contributed by atoms with Crippen LogP contribution in [0.15, 0.2) is 18.5 Å². The normalized spacial score (nSPS) is 8.90. The summed E-state index contributed by atoms with van der Waals surface area (Å²) in [4.78, 5) is 0. The first kappa shape index (κ1) is 6.67. The van der Waals surface area contributed by atoms with Gasteiger partial charge in [-0.05, 0) is 6.07 Å². The van der Waals surface area contributed by atoms with Crippen LogP contribution in [0.5, 0.6) is 0 Å². The Morgan fingerprint density at radius 1 is 1.60 bits per heavy atom. The molecule has 1 aromatic heterocycles. The molecule has 0 bridgehead atoms. The van der Waals surface area contributed by atoms with Crippen LogP contribution in [0.1, 0.15) is 5.56 Å². The standard InChI is InChI=1S/C6H7N3O/c1-10-6(7)5-2-3-8-9-4-5/h2-4,7H,1H3. The highest BCUT2D eigenvalue weighted by molar-refractivity contribution is 5.90. The molecule has 0 atom stereocenters. The van der Waals surface area contributed by atoms with Crippen molar-refractivity contribution in [2.45, 2.75) is 0 Å². The van der Waals surface area contributed by atoms with E-state index in [0.29, 0.717) is 5.56 Å². The van der Waals surface area contributed by atoms with E-state index in [0.717, 1.165) is 0 Å². The lowest BCUT2D eigenvalue weighted by molar-refractivity contribution is 0.401. The predicted molar refractivity (Wildman–Crippen MR) is 35.9 cm³/mol. The summed E-state index contributed by atoms with van der Waals surface area (Å²) in [5, 5.41) is 14.3. The van der Waals surface area contributed by atoms with Crippen molar-refractivity contribution in [1.29, 1.82) is 5.41 Å². The number of nitrogens with one attached hydrogen (secondary N) is 1. The van der Waals surface area contributed by atoms with E-state index in [1.807, 2.05) is 0 Å². The van der Waals surface area contributed by atoms with Gasteiger partial charge in [0.2, 0.25) is 5.90 Å². The van der Waals surface area contributed by atoms with Crippen molar-refractivity contribution in [1.82, 2.24) is 10.2 Å². The minimum atomic E-state index is 0.106. The van der Waals surface area contributed by atoms with Gasteiger partial charge in [0.05, 0.1) is 25.1 Å². The lowest BCUT2D eigenvalue weighted by Crippen LogP contribution is -2.01. The van der Waals surface area contributed by atoms with E-state index in [1.54, 1.807) is 6.07 Å². The van der Waals surface area contributed by atoms with Crippen molar-refractivity contribution in [3.05, 3.63) is 24.0 Å². The molecule has 0 aliphatic carbocycles. The number of hydrogen-bond acceptors (Lipinski definition) is 4. The van der Waals surface area contributed by atoms with Crippen molar-refractivity contribution in [2.24, 2.45) is 0 Å². The minimum absolute atomic E-state index is 0.106. The average Bonchev–Trinajstić information content (AvgIpc) is 2.05. The third-order valence-corrected chi connectivity index (χ3v) is 1.05. The maximum absolute atomic E-state index is 7.19. The molecule has 0 aliphatic rings. The van der Waals surface area contributed by atoms with Crippen molar-refractivity contribution >= 4 is 5.90 Å². The molecular formula is C6H7N3O. The van der Waals surface area contributed by atoms with Gasteiger partial charge < -0.3 is 4.74 Å². The van der Waals surface area contributed by atoms with Gasteiger partial charge in [0.1, 0.15) is 0 Å². The first-order valence-electron chi connectivity index (χ1n) is 2.74. The molecule has 52 valence electrons. The van der Waals surface area contributed by atoms with Gasteiger partial charge in [-0.15, -0.1) is 0 Å². The van der Waals surface area contributed by atoms with Gasteiger partial charge in [-0.3, -0.25) is 5.41 Å². The molecule has 1 aromatic rings. The molecular weight excluding hydrogens is 130 g/mol. The van der Waals surface area contributed by atoms with Crippen LogP contribution in [0.2, 0.25) is 0 Å². The van der Waals surface area contributed by atoms with Crippen molar-refractivity contribution in [2.75, 3.05) is 7.11 Å². The molecule has 4 heteroatoms. The Morgan fingerprint density at radius 2 is 2.40 bits per heavy atom. The van der Waals surface area contributed by atoms with Gasteiger partial charge in [-0.2, -0.15) is 10.2 Å². The summed E-state index contributed by atoms with van der Waals surface area (Å²) in [5.74, 6) is 0.106. The molecule has 0 saturated carbocycles. The molecule has 0 amide bonds. The zero-order valence-electron chi connectivity index (χ0n) is 5.53. The van der Waals surface area contributed by atoms with Gasteiger partial charge in [-0.25, -0.2) is 0 Å². The molecule has 0 aliphatic heterocycles. The monoisotopic (exact) mass is 137 g/mol. The van der Waals surface area contributed by atoms with Crippen molar-refractivity contribution in [3.63, 3.8) is 0 Å². The van der Waals surface area contributed by atoms with E-state index >= 15 is 0 Å². The summed E-state index contributed by atoms with van der Waals surface area (Å²) in [6, 6.07) is 1.67. The average molecular weight is 137 g/mol. The highest BCUT2D eigenvalue weighted by Gasteiger charge is 1.97. The lowest BCUT2D eigenvalue weighted by Gasteiger charge is -1.98. The second-order valence-corrected chi connectivity index (χ2v) is 1.66. The first-order valence-corrected chi connectivity index (χ1v) is 2.74. The van der Waals surface area contributed by atoms with Crippen LogP contribution in [0.3, 0.4) is 0 Å². The van der Waals surface area contributed by atoms with E-state index < -0.39 is 0 Å². The Kier molecular flexibility index (Phi) is 1.94. The highest BCUT2D eigenvalue weighted by atomic mass is 16.5. The second kappa shape index (κ2) is 2.91. The van der Waals surface area contributed by atoms with E-state index in [-0.39, 0.29) is 5.90 Å². The van der Waals surface area contributed by atoms with Crippen LogP contribution >= 0.6 is 0 Å². The van der Waals surface area contributed by atoms with E-state index in [9.17, 15) is 0 Å². The van der Waals surface area contributed by atoms with Gasteiger partial charge >= 0.3 is 0 Å². The third kappa shape index (κ3) is 1.28. The van der Waals surface area contributed by atoms with Crippen molar-refractivity contribution in [3.8, 4) is 0 Å². The summed E-state index contributed by atoms with van der Waals surface area (Å²) >= 11 is 0. The van der Waals surface area contributed by atoms with Gasteiger partial charge in [0.15, 0.2) is 0 Å². The molecule has 0 unspecified atom stereocenters. The molecule has 0 spiro atoms. The predicted octanol–water partition coefficient (Wildman–Crippen LogP) is 0.448. The Balaban J connectivity index is 2.85. The number of hydrogen-bond donors (Lipinski definition) is 1. The molecule has 0 saturated heterocycles. The largest absolute Gasteiger partial charge is 0.481 e. The van der Waals surface area contributed by atoms with Crippen LogP contribution in [-0.2, 0) is 4.74 Å².